The Labute approximate surface area is 105 Å². The lowest BCUT2D eigenvalue weighted by atomic mass is 9.82. The van der Waals surface area contributed by atoms with Crippen molar-refractivity contribution >= 4 is 0 Å². The highest BCUT2D eigenvalue weighted by molar-refractivity contribution is 5.12. The summed E-state index contributed by atoms with van der Waals surface area (Å²) < 4.78 is 2.13. The first kappa shape index (κ1) is 14.2. The van der Waals surface area contributed by atoms with Gasteiger partial charge in [-0.15, -0.1) is 0 Å². The molecule has 0 aliphatic rings. The van der Waals surface area contributed by atoms with Gasteiger partial charge in [0.2, 0.25) is 0 Å². The number of hydrogen-bond donors (Lipinski definition) is 1. The molecular weight excluding hydrogens is 210 g/mol. The molecule has 0 aliphatic heterocycles. The summed E-state index contributed by atoms with van der Waals surface area (Å²) in [5.74, 6) is 0. The summed E-state index contributed by atoms with van der Waals surface area (Å²) in [5.41, 5.74) is 8.69. The van der Waals surface area contributed by atoms with E-state index in [1.807, 2.05) is 0 Å². The average Bonchev–Trinajstić information content (AvgIpc) is 2.57. The highest BCUT2D eigenvalue weighted by Gasteiger charge is 2.22. The number of nitrogens with zero attached hydrogens (tertiary/aromatic N) is 2. The Morgan fingerprint density at radius 2 is 2.06 bits per heavy atom. The fourth-order valence-electron chi connectivity index (χ4n) is 2.54. The second-order valence-corrected chi connectivity index (χ2v) is 5.82. The van der Waals surface area contributed by atoms with Crippen LogP contribution in [0.25, 0.3) is 0 Å². The summed E-state index contributed by atoms with van der Waals surface area (Å²) in [4.78, 5) is 0. The molecule has 1 aromatic rings. The van der Waals surface area contributed by atoms with Crippen LogP contribution in [-0.2, 0) is 19.4 Å². The zero-order valence-electron chi connectivity index (χ0n) is 12.0. The Morgan fingerprint density at radius 3 is 2.53 bits per heavy atom. The molecule has 0 bridgehead atoms. The summed E-state index contributed by atoms with van der Waals surface area (Å²) in [7, 11) is 0. The third kappa shape index (κ3) is 4.15. The lowest BCUT2D eigenvalue weighted by molar-refractivity contribution is 0.301. The largest absolute Gasteiger partial charge is 0.328 e. The molecule has 3 heteroatoms. The number of aryl methyl sites for hydroxylation is 2. The van der Waals surface area contributed by atoms with E-state index in [9.17, 15) is 0 Å². The third-order valence-electron chi connectivity index (χ3n) is 3.11. The molecule has 0 saturated heterocycles. The second kappa shape index (κ2) is 5.67. The quantitative estimate of drug-likeness (QED) is 0.827. The van der Waals surface area contributed by atoms with Gasteiger partial charge in [-0.05, 0) is 44.6 Å². The van der Waals surface area contributed by atoms with E-state index in [0.29, 0.717) is 0 Å². The Bertz CT molecular complexity index is 350. The lowest BCUT2D eigenvalue weighted by Gasteiger charge is -2.26. The zero-order chi connectivity index (χ0) is 13.1. The van der Waals surface area contributed by atoms with Gasteiger partial charge < -0.3 is 5.73 Å². The smallest absolute Gasteiger partial charge is 0.0624 e. The van der Waals surface area contributed by atoms with Crippen LogP contribution in [-0.4, -0.2) is 15.8 Å². The van der Waals surface area contributed by atoms with Crippen molar-refractivity contribution in [2.45, 2.75) is 66.5 Å². The summed E-state index contributed by atoms with van der Waals surface area (Å²) in [6.07, 6.45) is 3.10. The van der Waals surface area contributed by atoms with Gasteiger partial charge >= 0.3 is 0 Å². The molecule has 1 aromatic heterocycles. The minimum atomic E-state index is 0.242. The van der Waals surface area contributed by atoms with Crippen molar-refractivity contribution in [2.24, 2.45) is 11.1 Å². The molecule has 1 atom stereocenters. The Balaban J connectivity index is 2.82. The number of rotatable bonds is 6. The van der Waals surface area contributed by atoms with Crippen molar-refractivity contribution in [3.63, 3.8) is 0 Å². The normalized spacial score (nSPS) is 14.0. The van der Waals surface area contributed by atoms with Gasteiger partial charge in [0.05, 0.1) is 5.69 Å². The molecule has 17 heavy (non-hydrogen) atoms. The molecule has 0 fully saturated rings. The van der Waals surface area contributed by atoms with Gasteiger partial charge in [-0.2, -0.15) is 5.10 Å². The number of aromatic nitrogens is 2. The maximum Gasteiger partial charge on any atom is 0.0624 e. The Morgan fingerprint density at radius 1 is 1.41 bits per heavy atom. The van der Waals surface area contributed by atoms with Crippen LogP contribution in [0.5, 0.6) is 0 Å². The predicted octanol–water partition coefficient (Wildman–Crippen LogP) is 2.77. The van der Waals surface area contributed by atoms with Gasteiger partial charge in [0, 0.05) is 18.3 Å². The summed E-state index contributed by atoms with van der Waals surface area (Å²) >= 11 is 0. The van der Waals surface area contributed by atoms with E-state index in [2.05, 4.69) is 50.5 Å². The van der Waals surface area contributed by atoms with E-state index in [0.717, 1.165) is 25.8 Å². The molecule has 1 heterocycles. The van der Waals surface area contributed by atoms with Crippen LogP contribution in [0, 0.1) is 5.41 Å². The molecule has 0 radical (unpaired) electrons. The molecular formula is C14H27N3. The SMILES string of the molecule is CCc1cc(CC(C)(C)CC(C)N)n(CC)n1. The van der Waals surface area contributed by atoms with E-state index < -0.39 is 0 Å². The number of hydrogen-bond acceptors (Lipinski definition) is 2. The minimum Gasteiger partial charge on any atom is -0.328 e. The number of nitrogens with two attached hydrogens (primary N) is 1. The molecule has 0 amide bonds. The van der Waals surface area contributed by atoms with Crippen LogP contribution in [0.2, 0.25) is 0 Å². The molecule has 1 unspecified atom stereocenters. The highest BCUT2D eigenvalue weighted by Crippen LogP contribution is 2.27. The minimum absolute atomic E-state index is 0.242. The van der Waals surface area contributed by atoms with Crippen molar-refractivity contribution < 1.29 is 0 Å². The first-order valence-corrected chi connectivity index (χ1v) is 6.69. The Kier molecular flexibility index (Phi) is 4.75. The molecule has 2 N–H and O–H groups in total. The highest BCUT2D eigenvalue weighted by atomic mass is 15.3. The van der Waals surface area contributed by atoms with Gasteiger partial charge in [-0.25, -0.2) is 0 Å². The van der Waals surface area contributed by atoms with Crippen molar-refractivity contribution in [1.29, 1.82) is 0 Å². The predicted molar refractivity (Wildman–Crippen MR) is 73.0 cm³/mol. The second-order valence-electron chi connectivity index (χ2n) is 5.82. The molecule has 0 aromatic carbocycles. The molecule has 98 valence electrons. The van der Waals surface area contributed by atoms with Crippen LogP contribution in [0.1, 0.15) is 52.4 Å². The van der Waals surface area contributed by atoms with Gasteiger partial charge in [0.25, 0.3) is 0 Å². The topological polar surface area (TPSA) is 43.8 Å². The molecule has 1 rings (SSSR count). The van der Waals surface area contributed by atoms with Crippen LogP contribution < -0.4 is 5.73 Å². The molecule has 3 nitrogen and oxygen atoms in total. The van der Waals surface area contributed by atoms with Gasteiger partial charge in [0.1, 0.15) is 0 Å². The average molecular weight is 237 g/mol. The maximum atomic E-state index is 5.91. The molecule has 0 spiro atoms. The molecule has 0 aliphatic carbocycles. The standard InChI is InChI=1S/C14H27N3/c1-6-12-8-13(17(7-2)16-12)10-14(4,5)9-11(3)15/h8,11H,6-7,9-10,15H2,1-5H3. The fourth-order valence-corrected chi connectivity index (χ4v) is 2.54. The van der Waals surface area contributed by atoms with Gasteiger partial charge in [-0.1, -0.05) is 20.8 Å². The maximum absolute atomic E-state index is 5.91. The van der Waals surface area contributed by atoms with Crippen molar-refractivity contribution in [3.05, 3.63) is 17.5 Å². The van der Waals surface area contributed by atoms with Crippen LogP contribution in [0.4, 0.5) is 0 Å². The van der Waals surface area contributed by atoms with E-state index >= 15 is 0 Å². The monoisotopic (exact) mass is 237 g/mol. The van der Waals surface area contributed by atoms with E-state index in [1.165, 1.54) is 11.4 Å². The van der Waals surface area contributed by atoms with E-state index in [4.69, 9.17) is 5.73 Å². The molecule has 0 saturated carbocycles. The first-order chi connectivity index (χ1) is 7.88. The van der Waals surface area contributed by atoms with E-state index in [-0.39, 0.29) is 11.5 Å². The van der Waals surface area contributed by atoms with Crippen LogP contribution >= 0.6 is 0 Å². The fraction of sp³-hybridized carbons (Fsp3) is 0.786. The van der Waals surface area contributed by atoms with Crippen LogP contribution in [0.3, 0.4) is 0 Å². The summed E-state index contributed by atoms with van der Waals surface area (Å²) in [6.45, 7) is 11.9. The van der Waals surface area contributed by atoms with E-state index in [1.54, 1.807) is 0 Å². The first-order valence-electron chi connectivity index (χ1n) is 6.69. The summed E-state index contributed by atoms with van der Waals surface area (Å²) in [5, 5.41) is 4.60. The lowest BCUT2D eigenvalue weighted by Crippen LogP contribution is -2.27. The van der Waals surface area contributed by atoms with Crippen LogP contribution in [0.15, 0.2) is 6.07 Å². The zero-order valence-corrected chi connectivity index (χ0v) is 12.0. The van der Waals surface area contributed by atoms with Gasteiger partial charge in [-0.3, -0.25) is 4.68 Å². The Hall–Kier alpha value is -0.830. The van der Waals surface area contributed by atoms with Crippen molar-refractivity contribution in [2.75, 3.05) is 0 Å². The summed E-state index contributed by atoms with van der Waals surface area (Å²) in [6, 6.07) is 2.50. The third-order valence-corrected chi connectivity index (χ3v) is 3.11. The van der Waals surface area contributed by atoms with Crippen molar-refractivity contribution in [1.82, 2.24) is 9.78 Å². The van der Waals surface area contributed by atoms with Crippen molar-refractivity contribution in [3.8, 4) is 0 Å². The van der Waals surface area contributed by atoms with Gasteiger partial charge in [0.15, 0.2) is 0 Å².